The van der Waals surface area contributed by atoms with Crippen LogP contribution in [0.25, 0.3) is 21.8 Å². The molecule has 1 amide bonds. The molecule has 0 atom stereocenters. The highest BCUT2D eigenvalue weighted by Crippen LogP contribution is 2.43. The maximum Gasteiger partial charge on any atom is 0.416 e. The van der Waals surface area contributed by atoms with Crippen LogP contribution in [0.1, 0.15) is 37.4 Å². The number of rotatable bonds is 7. The molecule has 0 saturated carbocycles. The fourth-order valence-electron chi connectivity index (χ4n) is 5.66. The second-order valence-electron chi connectivity index (χ2n) is 10.4. The minimum Gasteiger partial charge on any atom is -0.497 e. The molecule has 9 nitrogen and oxygen atoms in total. The Morgan fingerprint density at radius 3 is 2.13 bits per heavy atom. The van der Waals surface area contributed by atoms with Crippen LogP contribution >= 0.6 is 0 Å². The minimum absolute atomic E-state index is 0.0210. The number of hydrogen-bond acceptors (Lipinski definition) is 7. The van der Waals surface area contributed by atoms with E-state index in [1.165, 1.54) is 67.7 Å². The molecule has 0 saturated heterocycles. The number of hydrogen-bond donors (Lipinski definition) is 0. The Morgan fingerprint density at radius 1 is 0.889 bits per heavy atom. The predicted octanol–water partition coefficient (Wildman–Crippen LogP) is 6.01. The lowest BCUT2D eigenvalue weighted by Gasteiger charge is -2.16. The summed E-state index contributed by atoms with van der Waals surface area (Å²) < 4.78 is 84.5. The number of aromatic nitrogens is 1. The van der Waals surface area contributed by atoms with Crippen molar-refractivity contribution in [1.29, 1.82) is 0 Å². The van der Waals surface area contributed by atoms with Crippen molar-refractivity contribution in [3.63, 3.8) is 0 Å². The Morgan fingerprint density at radius 2 is 1.53 bits per heavy atom. The van der Waals surface area contributed by atoms with Gasteiger partial charge in [-0.15, -0.1) is 0 Å². The number of esters is 1. The summed E-state index contributed by atoms with van der Waals surface area (Å²) >= 11 is 0. The van der Waals surface area contributed by atoms with Gasteiger partial charge in [-0.1, -0.05) is 12.1 Å². The molecule has 0 fully saturated rings. The van der Waals surface area contributed by atoms with E-state index in [9.17, 15) is 31.2 Å². The van der Waals surface area contributed by atoms with Crippen molar-refractivity contribution in [1.82, 2.24) is 8.87 Å². The fourth-order valence-corrected chi connectivity index (χ4v) is 7.20. The quantitative estimate of drug-likeness (QED) is 0.201. The maximum atomic E-state index is 14.3. The summed E-state index contributed by atoms with van der Waals surface area (Å²) in [6, 6.07) is 16.3. The van der Waals surface area contributed by atoms with Gasteiger partial charge in [-0.25, -0.2) is 17.2 Å². The summed E-state index contributed by atoms with van der Waals surface area (Å²) in [6.07, 6.45) is -4.50. The van der Waals surface area contributed by atoms with Crippen LogP contribution < -0.4 is 9.47 Å². The van der Waals surface area contributed by atoms with Gasteiger partial charge in [0.1, 0.15) is 11.5 Å². The van der Waals surface area contributed by atoms with E-state index in [0.717, 1.165) is 23.2 Å². The molecule has 1 aromatic heterocycles. The normalized spacial score (nSPS) is 13.4. The minimum atomic E-state index is -4.50. The predicted molar refractivity (Wildman–Crippen MR) is 158 cm³/mol. The van der Waals surface area contributed by atoms with Gasteiger partial charge >= 0.3 is 12.1 Å². The van der Waals surface area contributed by atoms with Crippen molar-refractivity contribution in [2.75, 3.05) is 21.3 Å². The van der Waals surface area contributed by atoms with Gasteiger partial charge in [0.15, 0.2) is 0 Å². The van der Waals surface area contributed by atoms with E-state index in [4.69, 9.17) is 14.2 Å². The lowest BCUT2D eigenvalue weighted by molar-refractivity contribution is -0.137. The molecule has 45 heavy (non-hydrogen) atoms. The first-order valence-corrected chi connectivity index (χ1v) is 14.9. The monoisotopic (exact) mass is 638 g/mol. The molecular weight excluding hydrogens is 613 g/mol. The molecule has 0 spiro atoms. The standard InChI is InChI=1S/C32H25F3N2O7S/c1-42-21-8-11-23(12-9-21)45(40,41)37-26-13-10-22(43-2)15-24(26)28-27-19(14-25(29(28)37)31(39)44-3)17-36(30(27)38)16-18-4-6-20(7-5-18)32(33,34)35/h4-15H,16-17H2,1-3H3. The van der Waals surface area contributed by atoms with Gasteiger partial charge in [-0.2, -0.15) is 13.2 Å². The topological polar surface area (TPSA) is 104 Å². The van der Waals surface area contributed by atoms with Crippen LogP contribution in [0.2, 0.25) is 0 Å². The van der Waals surface area contributed by atoms with E-state index < -0.39 is 33.6 Å². The maximum absolute atomic E-state index is 14.3. The van der Waals surface area contributed by atoms with Crippen molar-refractivity contribution in [2.24, 2.45) is 0 Å². The van der Waals surface area contributed by atoms with Crippen molar-refractivity contribution in [2.45, 2.75) is 24.2 Å². The zero-order chi connectivity index (χ0) is 32.3. The van der Waals surface area contributed by atoms with Gasteiger partial charge in [0.2, 0.25) is 0 Å². The van der Waals surface area contributed by atoms with Crippen LogP contribution in [0.5, 0.6) is 11.5 Å². The number of carbonyl (C=O) groups excluding carboxylic acids is 2. The molecule has 2 heterocycles. The van der Waals surface area contributed by atoms with Crippen LogP contribution in [0.15, 0.2) is 77.7 Å². The molecule has 6 rings (SSSR count). The molecule has 4 aromatic carbocycles. The number of fused-ring (bicyclic) bond motifs is 5. The molecule has 13 heteroatoms. The number of benzene rings is 4. The lowest BCUT2D eigenvalue weighted by atomic mass is 9.98. The van der Waals surface area contributed by atoms with Crippen molar-refractivity contribution < 1.29 is 45.4 Å². The summed E-state index contributed by atoms with van der Waals surface area (Å²) in [5, 5.41) is 0.548. The second-order valence-corrected chi connectivity index (χ2v) is 12.1. The molecule has 0 bridgehead atoms. The first kappa shape index (κ1) is 30.0. The summed E-state index contributed by atoms with van der Waals surface area (Å²) in [6.45, 7) is 0.00378. The number of methoxy groups -OCH3 is 3. The second kappa shape index (κ2) is 10.8. The van der Waals surface area contributed by atoms with E-state index in [0.29, 0.717) is 28.0 Å². The molecule has 232 valence electrons. The van der Waals surface area contributed by atoms with Gasteiger partial charge < -0.3 is 19.1 Å². The Labute approximate surface area is 255 Å². The number of ether oxygens (including phenoxy) is 3. The van der Waals surface area contributed by atoms with E-state index in [2.05, 4.69) is 0 Å². The summed E-state index contributed by atoms with van der Waals surface area (Å²) in [5.74, 6) is -0.479. The van der Waals surface area contributed by atoms with Gasteiger partial charge in [-0.05, 0) is 71.8 Å². The van der Waals surface area contributed by atoms with E-state index >= 15 is 0 Å². The van der Waals surface area contributed by atoms with Crippen LogP contribution in [-0.4, -0.2) is 50.5 Å². The molecule has 0 N–H and O–H groups in total. The zero-order valence-electron chi connectivity index (χ0n) is 24.1. The van der Waals surface area contributed by atoms with Crippen LogP contribution in [0.3, 0.4) is 0 Å². The van der Waals surface area contributed by atoms with Crippen LogP contribution in [0.4, 0.5) is 13.2 Å². The van der Waals surface area contributed by atoms with Crippen molar-refractivity contribution in [3.8, 4) is 11.5 Å². The van der Waals surface area contributed by atoms with Gasteiger partial charge in [0, 0.05) is 23.9 Å². The molecule has 1 aliphatic rings. The van der Waals surface area contributed by atoms with Gasteiger partial charge in [-0.3, -0.25) is 4.79 Å². The average molecular weight is 639 g/mol. The lowest BCUT2D eigenvalue weighted by Crippen LogP contribution is -2.23. The smallest absolute Gasteiger partial charge is 0.416 e. The Bertz CT molecular complexity index is 2100. The molecular formula is C32H25F3N2O7S. The molecule has 5 aromatic rings. The van der Waals surface area contributed by atoms with Gasteiger partial charge in [0.05, 0.1) is 53.9 Å². The fraction of sp³-hybridized carbons (Fsp3) is 0.188. The molecule has 0 radical (unpaired) electrons. The largest absolute Gasteiger partial charge is 0.497 e. The summed E-state index contributed by atoms with van der Waals surface area (Å²) in [4.78, 5) is 28.6. The summed E-state index contributed by atoms with van der Waals surface area (Å²) in [5.41, 5.74) is 0.308. The molecule has 0 unspecified atom stereocenters. The highest BCUT2D eigenvalue weighted by Gasteiger charge is 2.37. The SMILES string of the molecule is COC(=O)c1cc2c(c3c4cc(OC)ccc4n(S(=O)(=O)c4ccc(OC)cc4)c13)C(=O)N(Cc1ccc(C(F)(F)F)cc1)C2. The Kier molecular flexibility index (Phi) is 7.23. The van der Waals surface area contributed by atoms with Crippen molar-refractivity contribution in [3.05, 3.63) is 101 Å². The Balaban J connectivity index is 1.59. The van der Waals surface area contributed by atoms with E-state index in [1.807, 2.05) is 0 Å². The number of nitrogens with zero attached hydrogens (tertiary/aromatic N) is 2. The first-order valence-electron chi connectivity index (χ1n) is 13.5. The third-order valence-electron chi connectivity index (χ3n) is 7.80. The van der Waals surface area contributed by atoms with Gasteiger partial charge in [0.25, 0.3) is 15.9 Å². The first-order chi connectivity index (χ1) is 21.4. The van der Waals surface area contributed by atoms with Crippen LogP contribution in [0, 0.1) is 0 Å². The number of carbonyl (C=O) groups is 2. The highest BCUT2D eigenvalue weighted by molar-refractivity contribution is 7.90. The third-order valence-corrected chi connectivity index (χ3v) is 9.52. The Hall–Kier alpha value is -5.04. The van der Waals surface area contributed by atoms with E-state index in [-0.39, 0.29) is 45.5 Å². The van der Waals surface area contributed by atoms with Crippen molar-refractivity contribution >= 4 is 43.7 Å². The van der Waals surface area contributed by atoms with Crippen LogP contribution in [-0.2, 0) is 34.0 Å². The summed E-state index contributed by atoms with van der Waals surface area (Å²) in [7, 11) is -0.321. The third kappa shape index (κ3) is 4.92. The highest BCUT2D eigenvalue weighted by atomic mass is 32.2. The zero-order valence-corrected chi connectivity index (χ0v) is 25.0. The number of halogens is 3. The molecule has 1 aliphatic heterocycles. The van der Waals surface area contributed by atoms with E-state index in [1.54, 1.807) is 12.1 Å². The number of alkyl halides is 3. The number of amides is 1. The average Bonchev–Trinajstić information content (AvgIpc) is 3.53. The molecule has 0 aliphatic carbocycles.